The van der Waals surface area contributed by atoms with Gasteiger partial charge >= 0.3 is 0 Å². The van der Waals surface area contributed by atoms with Gasteiger partial charge in [0.25, 0.3) is 0 Å². The summed E-state index contributed by atoms with van der Waals surface area (Å²) in [6, 6.07) is 0. The molecule has 2 heteroatoms. The molecule has 124 valence electrons. The molecule has 0 atom stereocenters. The first kappa shape index (κ1) is 17.3. The fourth-order valence-corrected chi connectivity index (χ4v) is 4.05. The highest BCUT2D eigenvalue weighted by atomic mass is 15.2. The Morgan fingerprint density at radius 1 is 1.10 bits per heavy atom. The van der Waals surface area contributed by atoms with Crippen LogP contribution < -0.4 is 5.32 Å². The van der Waals surface area contributed by atoms with Gasteiger partial charge in [-0.15, -0.1) is 0 Å². The minimum Gasteiger partial charge on any atom is -0.311 e. The number of rotatable bonds is 4. The molecular weight excluding hydrogens is 256 g/mol. The lowest BCUT2D eigenvalue weighted by atomic mass is 9.70. The molecule has 1 N–H and O–H groups in total. The molecule has 2 rings (SSSR count). The summed E-state index contributed by atoms with van der Waals surface area (Å²) in [7, 11) is 0. The maximum Gasteiger partial charge on any atom is 0.00967 e. The van der Waals surface area contributed by atoms with Gasteiger partial charge in [0.2, 0.25) is 0 Å². The van der Waals surface area contributed by atoms with Crippen LogP contribution in [0.1, 0.15) is 73.6 Å². The number of hydrogen-bond donors (Lipinski definition) is 1. The van der Waals surface area contributed by atoms with E-state index in [2.05, 4.69) is 51.8 Å². The van der Waals surface area contributed by atoms with E-state index in [9.17, 15) is 0 Å². The lowest BCUT2D eigenvalue weighted by Crippen LogP contribution is -2.50. The maximum atomic E-state index is 3.82. The minimum atomic E-state index is 0.236. The molecule has 0 bridgehead atoms. The van der Waals surface area contributed by atoms with Crippen LogP contribution in [0, 0.1) is 16.7 Å². The number of hydrogen-bond acceptors (Lipinski definition) is 2. The first-order valence-electron chi connectivity index (χ1n) is 9.07. The summed E-state index contributed by atoms with van der Waals surface area (Å²) in [6.45, 7) is 19.3. The first-order valence-corrected chi connectivity index (χ1v) is 9.07. The van der Waals surface area contributed by atoms with E-state index in [-0.39, 0.29) is 5.54 Å². The standard InChI is InChI=1S/C19H38N2/c1-16-7-9-19(10-8-16,13-20-17(2,3)4)15-21-12-11-18(5,6)14-21/h16,20H,7-15H2,1-6H3. The number of nitrogens with one attached hydrogen (secondary N) is 1. The molecule has 0 spiro atoms. The molecule has 0 aromatic heterocycles. The van der Waals surface area contributed by atoms with E-state index >= 15 is 0 Å². The molecule has 2 aliphatic rings. The van der Waals surface area contributed by atoms with Crippen molar-refractivity contribution in [2.75, 3.05) is 26.2 Å². The Hall–Kier alpha value is -0.0800. The van der Waals surface area contributed by atoms with Crippen molar-refractivity contribution in [1.29, 1.82) is 0 Å². The summed E-state index contributed by atoms with van der Waals surface area (Å²) >= 11 is 0. The molecule has 0 unspecified atom stereocenters. The van der Waals surface area contributed by atoms with E-state index in [1.165, 1.54) is 58.3 Å². The van der Waals surface area contributed by atoms with Gasteiger partial charge < -0.3 is 10.2 Å². The third kappa shape index (κ3) is 5.25. The third-order valence-corrected chi connectivity index (χ3v) is 5.64. The average molecular weight is 295 g/mol. The van der Waals surface area contributed by atoms with Gasteiger partial charge in [-0.3, -0.25) is 0 Å². The van der Waals surface area contributed by atoms with E-state index in [4.69, 9.17) is 0 Å². The molecule has 2 fully saturated rings. The third-order valence-electron chi connectivity index (χ3n) is 5.64. The molecule has 2 nitrogen and oxygen atoms in total. The van der Waals surface area contributed by atoms with Crippen molar-refractivity contribution >= 4 is 0 Å². The Morgan fingerprint density at radius 3 is 2.19 bits per heavy atom. The molecule has 1 aliphatic heterocycles. The molecule has 21 heavy (non-hydrogen) atoms. The summed E-state index contributed by atoms with van der Waals surface area (Å²) in [5.41, 5.74) is 1.28. The zero-order chi connectivity index (χ0) is 15.7. The normalized spacial score (nSPS) is 34.3. The molecule has 1 saturated carbocycles. The van der Waals surface area contributed by atoms with Crippen molar-refractivity contribution in [1.82, 2.24) is 10.2 Å². The van der Waals surface area contributed by atoms with Crippen LogP contribution in [0.15, 0.2) is 0 Å². The van der Waals surface area contributed by atoms with Crippen molar-refractivity contribution in [3.8, 4) is 0 Å². The van der Waals surface area contributed by atoms with Crippen LogP contribution in [0.5, 0.6) is 0 Å². The van der Waals surface area contributed by atoms with Gasteiger partial charge in [-0.2, -0.15) is 0 Å². The molecule has 0 amide bonds. The second kappa shape index (κ2) is 6.20. The van der Waals surface area contributed by atoms with Crippen molar-refractivity contribution in [3.63, 3.8) is 0 Å². The summed E-state index contributed by atoms with van der Waals surface area (Å²) in [4.78, 5) is 2.75. The Bertz CT molecular complexity index is 332. The van der Waals surface area contributed by atoms with E-state index < -0.39 is 0 Å². The number of nitrogens with zero attached hydrogens (tertiary/aromatic N) is 1. The van der Waals surface area contributed by atoms with Crippen molar-refractivity contribution in [2.45, 2.75) is 79.2 Å². The Balaban J connectivity index is 1.98. The lowest BCUT2D eigenvalue weighted by molar-refractivity contribution is 0.0864. The van der Waals surface area contributed by atoms with Crippen LogP contribution in [-0.2, 0) is 0 Å². The minimum absolute atomic E-state index is 0.236. The molecule has 1 heterocycles. The molecular formula is C19H38N2. The second-order valence-electron chi connectivity index (χ2n) is 9.91. The zero-order valence-electron chi connectivity index (χ0n) is 15.4. The van der Waals surface area contributed by atoms with Gasteiger partial charge in [-0.1, -0.05) is 33.6 Å². The predicted molar refractivity (Wildman–Crippen MR) is 92.7 cm³/mol. The zero-order valence-corrected chi connectivity index (χ0v) is 15.4. The summed E-state index contributed by atoms with van der Waals surface area (Å²) in [5.74, 6) is 0.933. The van der Waals surface area contributed by atoms with Crippen LogP contribution in [-0.4, -0.2) is 36.6 Å². The molecule has 1 saturated heterocycles. The van der Waals surface area contributed by atoms with Crippen LogP contribution >= 0.6 is 0 Å². The predicted octanol–water partition coefficient (Wildman–Crippen LogP) is 4.30. The summed E-state index contributed by atoms with van der Waals surface area (Å²) in [5, 5.41) is 3.82. The fourth-order valence-electron chi connectivity index (χ4n) is 4.05. The van der Waals surface area contributed by atoms with E-state index in [1.807, 2.05) is 0 Å². The van der Waals surface area contributed by atoms with E-state index in [0.717, 1.165) is 5.92 Å². The monoisotopic (exact) mass is 294 g/mol. The van der Waals surface area contributed by atoms with Crippen LogP contribution in [0.2, 0.25) is 0 Å². The topological polar surface area (TPSA) is 15.3 Å². The second-order valence-corrected chi connectivity index (χ2v) is 9.91. The Kier molecular flexibility index (Phi) is 5.10. The van der Waals surface area contributed by atoms with Gasteiger partial charge in [0.05, 0.1) is 0 Å². The average Bonchev–Trinajstić information content (AvgIpc) is 2.69. The molecule has 0 aromatic carbocycles. The van der Waals surface area contributed by atoms with Crippen molar-refractivity contribution in [3.05, 3.63) is 0 Å². The lowest BCUT2D eigenvalue weighted by Gasteiger charge is -2.44. The van der Waals surface area contributed by atoms with Crippen molar-refractivity contribution < 1.29 is 0 Å². The highest BCUT2D eigenvalue weighted by Gasteiger charge is 2.39. The molecule has 0 aromatic rings. The Labute approximate surface area is 133 Å². The van der Waals surface area contributed by atoms with E-state index in [1.54, 1.807) is 0 Å². The summed E-state index contributed by atoms with van der Waals surface area (Å²) in [6.07, 6.45) is 7.03. The van der Waals surface area contributed by atoms with Gasteiger partial charge in [0, 0.05) is 25.2 Å². The van der Waals surface area contributed by atoms with Gasteiger partial charge in [-0.25, -0.2) is 0 Å². The highest BCUT2D eigenvalue weighted by Crippen LogP contribution is 2.41. The van der Waals surface area contributed by atoms with Crippen LogP contribution in [0.4, 0.5) is 0 Å². The Morgan fingerprint density at radius 2 is 1.71 bits per heavy atom. The summed E-state index contributed by atoms with van der Waals surface area (Å²) < 4.78 is 0. The highest BCUT2D eigenvalue weighted by molar-refractivity contribution is 4.94. The molecule has 0 radical (unpaired) electrons. The van der Waals surface area contributed by atoms with Gasteiger partial charge in [0.1, 0.15) is 0 Å². The maximum absolute atomic E-state index is 3.82. The largest absolute Gasteiger partial charge is 0.311 e. The van der Waals surface area contributed by atoms with Gasteiger partial charge in [0.15, 0.2) is 0 Å². The van der Waals surface area contributed by atoms with Crippen LogP contribution in [0.3, 0.4) is 0 Å². The smallest absolute Gasteiger partial charge is 0.00967 e. The van der Waals surface area contributed by atoms with E-state index in [0.29, 0.717) is 10.8 Å². The molecule has 1 aliphatic carbocycles. The van der Waals surface area contributed by atoms with Crippen molar-refractivity contribution in [2.24, 2.45) is 16.7 Å². The van der Waals surface area contributed by atoms with Gasteiger partial charge in [-0.05, 0) is 63.3 Å². The SMILES string of the molecule is CC1CCC(CNC(C)(C)C)(CN2CCC(C)(C)C2)CC1. The quantitative estimate of drug-likeness (QED) is 0.831. The fraction of sp³-hybridized carbons (Fsp3) is 1.00. The number of likely N-dealkylation sites (tertiary alicyclic amines) is 1. The first-order chi connectivity index (χ1) is 9.59. The van der Waals surface area contributed by atoms with Crippen LogP contribution in [0.25, 0.3) is 0 Å².